The second-order valence-corrected chi connectivity index (χ2v) is 6.18. The van der Waals surface area contributed by atoms with Crippen LogP contribution in [0.1, 0.15) is 24.1 Å². The Kier molecular flexibility index (Phi) is 4.93. The van der Waals surface area contributed by atoms with Gasteiger partial charge in [0.05, 0.1) is 6.54 Å². The summed E-state index contributed by atoms with van der Waals surface area (Å²) in [5, 5.41) is 12.0. The normalized spacial score (nSPS) is 15.0. The Balaban J connectivity index is 1.63. The molecule has 7 heteroatoms. The molecule has 1 aliphatic heterocycles. The van der Waals surface area contributed by atoms with Gasteiger partial charge in [-0.05, 0) is 17.7 Å². The van der Waals surface area contributed by atoms with Crippen LogP contribution in [0.3, 0.4) is 0 Å². The second-order valence-electron chi connectivity index (χ2n) is 5.75. The number of halogens is 1. The van der Waals surface area contributed by atoms with E-state index in [1.165, 1.54) is 12.5 Å². The van der Waals surface area contributed by atoms with Gasteiger partial charge in [0.25, 0.3) is 0 Å². The van der Waals surface area contributed by atoms with Gasteiger partial charge in [0, 0.05) is 44.5 Å². The molecule has 23 heavy (non-hydrogen) atoms. The second kappa shape index (κ2) is 7.10. The van der Waals surface area contributed by atoms with Gasteiger partial charge in [0.2, 0.25) is 5.91 Å². The molecule has 6 nitrogen and oxygen atoms in total. The fourth-order valence-electron chi connectivity index (χ4n) is 2.77. The zero-order chi connectivity index (χ0) is 16.2. The molecule has 0 bridgehead atoms. The van der Waals surface area contributed by atoms with Gasteiger partial charge < -0.3 is 9.88 Å². The number of nitrogens with one attached hydrogen (secondary N) is 1. The van der Waals surface area contributed by atoms with Gasteiger partial charge in [-0.1, -0.05) is 23.7 Å². The van der Waals surface area contributed by atoms with Gasteiger partial charge >= 0.3 is 0 Å². The lowest BCUT2D eigenvalue weighted by Crippen LogP contribution is -2.27. The molecular weight excluding hydrogens is 314 g/mol. The number of nitrogens with zero attached hydrogens (tertiary/aromatic N) is 4. The summed E-state index contributed by atoms with van der Waals surface area (Å²) < 4.78 is 2.12. The Morgan fingerprint density at radius 1 is 1.22 bits per heavy atom. The van der Waals surface area contributed by atoms with Crippen molar-refractivity contribution < 1.29 is 4.79 Å². The number of hydrogen-bond acceptors (Lipinski definition) is 4. The molecule has 1 aliphatic rings. The molecule has 1 aromatic carbocycles. The van der Waals surface area contributed by atoms with Crippen molar-refractivity contribution in [1.29, 1.82) is 0 Å². The van der Waals surface area contributed by atoms with Gasteiger partial charge in [-0.15, -0.1) is 10.2 Å². The van der Waals surface area contributed by atoms with Crippen molar-refractivity contribution >= 4 is 17.5 Å². The Morgan fingerprint density at radius 3 is 2.74 bits per heavy atom. The van der Waals surface area contributed by atoms with E-state index >= 15 is 0 Å². The van der Waals surface area contributed by atoms with Crippen LogP contribution >= 0.6 is 11.6 Å². The predicted molar refractivity (Wildman–Crippen MR) is 88.0 cm³/mol. The lowest BCUT2D eigenvalue weighted by molar-refractivity contribution is -0.119. The van der Waals surface area contributed by atoms with Crippen LogP contribution in [0, 0.1) is 0 Å². The first-order valence-corrected chi connectivity index (χ1v) is 8.12. The summed E-state index contributed by atoms with van der Waals surface area (Å²) >= 11 is 5.93. The Bertz CT molecular complexity index is 682. The van der Waals surface area contributed by atoms with Crippen LogP contribution < -0.4 is 5.32 Å². The summed E-state index contributed by atoms with van der Waals surface area (Å²) in [5.41, 5.74) is 1.26. The molecule has 0 radical (unpaired) electrons. The molecule has 0 saturated carbocycles. The van der Waals surface area contributed by atoms with E-state index in [1.54, 1.807) is 0 Å². The Labute approximate surface area is 140 Å². The van der Waals surface area contributed by atoms with Gasteiger partial charge in [-0.3, -0.25) is 9.69 Å². The topological polar surface area (TPSA) is 63.1 Å². The molecular formula is C16H20ClN5O. The van der Waals surface area contributed by atoms with E-state index in [2.05, 4.69) is 37.1 Å². The Hall–Kier alpha value is -1.92. The lowest BCUT2D eigenvalue weighted by Gasteiger charge is -2.19. The van der Waals surface area contributed by atoms with Crippen LogP contribution in [0.5, 0.6) is 0 Å². The average molecular weight is 334 g/mol. The summed E-state index contributed by atoms with van der Waals surface area (Å²) in [6, 6.07) is 7.98. The van der Waals surface area contributed by atoms with Crippen LogP contribution in [0.4, 0.5) is 0 Å². The van der Waals surface area contributed by atoms with E-state index in [1.807, 2.05) is 12.1 Å². The zero-order valence-corrected chi connectivity index (χ0v) is 13.9. The predicted octanol–water partition coefficient (Wildman–Crippen LogP) is 1.63. The molecule has 1 amide bonds. The largest absolute Gasteiger partial charge is 0.349 e. The van der Waals surface area contributed by atoms with E-state index in [0.717, 1.165) is 49.3 Å². The van der Waals surface area contributed by atoms with E-state index < -0.39 is 0 Å². The molecule has 0 aliphatic carbocycles. The highest BCUT2D eigenvalue weighted by molar-refractivity contribution is 6.30. The lowest BCUT2D eigenvalue weighted by atomic mass is 10.2. The van der Waals surface area contributed by atoms with Crippen molar-refractivity contribution in [2.45, 2.75) is 33.0 Å². The number of benzene rings is 1. The van der Waals surface area contributed by atoms with E-state index in [-0.39, 0.29) is 5.91 Å². The van der Waals surface area contributed by atoms with Crippen LogP contribution in [-0.2, 0) is 30.8 Å². The summed E-state index contributed by atoms with van der Waals surface area (Å²) in [4.78, 5) is 13.5. The number of rotatable bonds is 4. The molecule has 0 fully saturated rings. The van der Waals surface area contributed by atoms with Crippen LogP contribution in [0.15, 0.2) is 24.3 Å². The minimum absolute atomic E-state index is 0.0552. The number of hydrogen-bond donors (Lipinski definition) is 1. The number of carbonyl (C=O) groups excluding carboxylic acids is 1. The number of carbonyl (C=O) groups is 1. The standard InChI is InChI=1S/C16H20ClN5O/c1-12(23)18-10-16-20-19-15-6-7-21(8-9-22(15)16)11-13-2-4-14(17)5-3-13/h2-5H,6-11H2,1H3,(H,18,23). The molecule has 1 aromatic heterocycles. The van der Waals surface area contributed by atoms with Gasteiger partial charge in [0.1, 0.15) is 5.82 Å². The first-order valence-electron chi connectivity index (χ1n) is 7.74. The zero-order valence-electron chi connectivity index (χ0n) is 13.1. The van der Waals surface area contributed by atoms with Gasteiger partial charge in [0.15, 0.2) is 5.82 Å². The highest BCUT2D eigenvalue weighted by atomic mass is 35.5. The third-order valence-corrected chi connectivity index (χ3v) is 4.26. The average Bonchev–Trinajstić information content (AvgIpc) is 2.81. The fourth-order valence-corrected chi connectivity index (χ4v) is 2.89. The molecule has 0 spiro atoms. The summed E-state index contributed by atoms with van der Waals surface area (Å²) in [6.45, 7) is 5.55. The van der Waals surface area contributed by atoms with Crippen LogP contribution in [-0.4, -0.2) is 38.7 Å². The minimum atomic E-state index is -0.0552. The fraction of sp³-hybridized carbons (Fsp3) is 0.438. The number of aromatic nitrogens is 3. The quantitative estimate of drug-likeness (QED) is 0.923. The number of amides is 1. The third-order valence-electron chi connectivity index (χ3n) is 4.01. The van der Waals surface area contributed by atoms with E-state index in [9.17, 15) is 4.79 Å². The van der Waals surface area contributed by atoms with Crippen molar-refractivity contribution in [3.8, 4) is 0 Å². The molecule has 0 atom stereocenters. The van der Waals surface area contributed by atoms with Crippen molar-refractivity contribution in [2.24, 2.45) is 0 Å². The first kappa shape index (κ1) is 16.0. The maximum absolute atomic E-state index is 11.1. The third kappa shape index (κ3) is 4.09. The molecule has 2 heterocycles. The van der Waals surface area contributed by atoms with Crippen molar-refractivity contribution in [3.05, 3.63) is 46.5 Å². The Morgan fingerprint density at radius 2 is 2.00 bits per heavy atom. The summed E-state index contributed by atoms with van der Waals surface area (Å²) in [5.74, 6) is 1.76. The molecule has 0 saturated heterocycles. The minimum Gasteiger partial charge on any atom is -0.349 e. The maximum atomic E-state index is 11.1. The molecule has 1 N–H and O–H groups in total. The summed E-state index contributed by atoms with van der Waals surface area (Å²) in [6.07, 6.45) is 0.862. The molecule has 3 rings (SSSR count). The van der Waals surface area contributed by atoms with Crippen molar-refractivity contribution in [1.82, 2.24) is 25.0 Å². The highest BCUT2D eigenvalue weighted by Crippen LogP contribution is 2.14. The van der Waals surface area contributed by atoms with Crippen molar-refractivity contribution in [3.63, 3.8) is 0 Å². The van der Waals surface area contributed by atoms with Crippen LogP contribution in [0.2, 0.25) is 5.02 Å². The highest BCUT2D eigenvalue weighted by Gasteiger charge is 2.18. The van der Waals surface area contributed by atoms with Gasteiger partial charge in [-0.2, -0.15) is 0 Å². The molecule has 0 unspecified atom stereocenters. The molecule has 122 valence electrons. The molecule has 2 aromatic rings. The smallest absolute Gasteiger partial charge is 0.217 e. The first-order chi connectivity index (χ1) is 11.1. The SMILES string of the molecule is CC(=O)NCc1nnc2n1CCN(Cc1ccc(Cl)cc1)CC2. The maximum Gasteiger partial charge on any atom is 0.217 e. The van der Waals surface area contributed by atoms with Gasteiger partial charge in [-0.25, -0.2) is 0 Å². The van der Waals surface area contributed by atoms with E-state index in [4.69, 9.17) is 11.6 Å². The summed E-state index contributed by atoms with van der Waals surface area (Å²) in [7, 11) is 0. The monoisotopic (exact) mass is 333 g/mol. The van der Waals surface area contributed by atoms with E-state index in [0.29, 0.717) is 6.54 Å². The van der Waals surface area contributed by atoms with Crippen LogP contribution in [0.25, 0.3) is 0 Å². The number of fused-ring (bicyclic) bond motifs is 1. The van der Waals surface area contributed by atoms with Crippen molar-refractivity contribution in [2.75, 3.05) is 13.1 Å².